The Kier molecular flexibility index (Phi) is 43.8. The van der Waals surface area contributed by atoms with E-state index in [0.717, 1.165) is 70.6 Å². The van der Waals surface area contributed by atoms with Crippen LogP contribution in [0.4, 0.5) is 0 Å². The molecule has 0 aromatic rings. The Labute approximate surface area is 410 Å². The smallest absolute Gasteiger partial charge is 0.220 e. The first-order valence-electron chi connectivity index (χ1n) is 27.3. The number of ether oxygens (including phenoxy) is 2. The Hall–Kier alpha value is -2.63. The number of nitrogens with one attached hydrogen (secondary N) is 1. The van der Waals surface area contributed by atoms with E-state index in [1.807, 2.05) is 6.08 Å². The van der Waals surface area contributed by atoms with Crippen LogP contribution in [0.1, 0.15) is 219 Å². The molecule has 6 N–H and O–H groups in total. The van der Waals surface area contributed by atoms with E-state index in [1.165, 1.54) is 128 Å². The number of carbonyl (C=O) groups is 1. The summed E-state index contributed by atoms with van der Waals surface area (Å²) in [5.74, 6) is -0.190. The van der Waals surface area contributed by atoms with E-state index in [1.54, 1.807) is 6.08 Å². The van der Waals surface area contributed by atoms with Gasteiger partial charge in [-0.15, -0.1) is 0 Å². The third-order valence-corrected chi connectivity index (χ3v) is 12.5. The molecule has 0 aromatic heterocycles. The van der Waals surface area contributed by atoms with E-state index in [2.05, 4.69) is 92.1 Å². The van der Waals surface area contributed by atoms with Crippen molar-refractivity contribution in [2.24, 2.45) is 0 Å². The second-order valence-electron chi connectivity index (χ2n) is 18.6. The van der Waals surface area contributed by atoms with Crippen molar-refractivity contribution in [2.75, 3.05) is 13.2 Å². The second kappa shape index (κ2) is 47.1. The van der Waals surface area contributed by atoms with E-state index < -0.39 is 49.5 Å². The molecule has 7 unspecified atom stereocenters. The number of rotatable bonds is 45. The summed E-state index contributed by atoms with van der Waals surface area (Å²) < 4.78 is 11.2. The van der Waals surface area contributed by atoms with Crippen LogP contribution < -0.4 is 5.32 Å². The number of amides is 1. The first kappa shape index (κ1) is 62.4. The van der Waals surface area contributed by atoms with Gasteiger partial charge in [0.1, 0.15) is 24.4 Å². The number of hydrogen-bond acceptors (Lipinski definition) is 8. The average Bonchev–Trinajstić information content (AvgIpc) is 3.33. The lowest BCUT2D eigenvalue weighted by Gasteiger charge is -2.40. The molecule has 1 amide bonds. The van der Waals surface area contributed by atoms with Gasteiger partial charge in [-0.25, -0.2) is 0 Å². The third kappa shape index (κ3) is 36.9. The van der Waals surface area contributed by atoms with Gasteiger partial charge in [0.25, 0.3) is 0 Å². The van der Waals surface area contributed by atoms with Gasteiger partial charge in [-0.05, 0) is 77.0 Å². The average molecular weight is 940 g/mol. The maximum atomic E-state index is 13.0. The molecule has 1 aliphatic heterocycles. The van der Waals surface area contributed by atoms with Crippen LogP contribution in [-0.2, 0) is 14.3 Å². The minimum Gasteiger partial charge on any atom is -0.394 e. The highest BCUT2D eigenvalue weighted by atomic mass is 16.7. The minimum atomic E-state index is -1.57. The SMILES string of the molecule is CC/C=C\C/C=C\C/C=C\C/C=C\C/C=C\CCCCCCCCCCCCCCCCCCCCCC(=O)NC(COC1OC(CO)C(O)C(O)C1O)C(O)/C=C/CC/C=C/CCCCC. The van der Waals surface area contributed by atoms with Crippen LogP contribution in [-0.4, -0.2) is 87.5 Å². The highest BCUT2D eigenvalue weighted by Crippen LogP contribution is 2.23. The van der Waals surface area contributed by atoms with E-state index >= 15 is 0 Å². The topological polar surface area (TPSA) is 149 Å². The first-order chi connectivity index (χ1) is 32.8. The fraction of sp³-hybridized carbons (Fsp3) is 0.741. The Bertz CT molecular complexity index is 1320. The van der Waals surface area contributed by atoms with Gasteiger partial charge in [0.2, 0.25) is 5.91 Å². The molecule has 0 aromatic carbocycles. The lowest BCUT2D eigenvalue weighted by molar-refractivity contribution is -0.302. The van der Waals surface area contributed by atoms with Crippen molar-refractivity contribution in [3.63, 3.8) is 0 Å². The number of carbonyl (C=O) groups excluding carboxylic acids is 1. The summed E-state index contributed by atoms with van der Waals surface area (Å²) >= 11 is 0. The van der Waals surface area contributed by atoms with Crippen LogP contribution in [0.3, 0.4) is 0 Å². The molecule has 0 spiro atoms. The molecule has 0 aliphatic carbocycles. The first-order valence-corrected chi connectivity index (χ1v) is 27.3. The van der Waals surface area contributed by atoms with Crippen LogP contribution in [0.5, 0.6) is 0 Å². The molecule has 1 saturated heterocycles. The van der Waals surface area contributed by atoms with Crippen LogP contribution >= 0.6 is 0 Å². The number of unbranched alkanes of at least 4 members (excludes halogenated alkanes) is 23. The van der Waals surface area contributed by atoms with Gasteiger partial charge in [-0.1, -0.05) is 221 Å². The van der Waals surface area contributed by atoms with Crippen molar-refractivity contribution in [1.29, 1.82) is 0 Å². The van der Waals surface area contributed by atoms with Crippen molar-refractivity contribution < 1.29 is 39.8 Å². The predicted octanol–water partition coefficient (Wildman–Crippen LogP) is 13.1. The third-order valence-electron chi connectivity index (χ3n) is 12.5. The Balaban J connectivity index is 2.07. The molecule has 1 fully saturated rings. The maximum Gasteiger partial charge on any atom is 0.220 e. The molecule has 7 atom stereocenters. The molecular formula is C58H101NO8. The standard InChI is InChI=1S/C58H101NO8/c1-3-5-7-9-11-13-14-15-16-17-18-19-20-21-22-23-24-25-26-27-28-29-30-31-32-33-34-35-36-37-38-40-42-44-46-48-54(62)59-51(52(61)47-45-43-41-39-12-10-8-6-4-2)50-66-58-57(65)56(64)55(63)53(49-60)67-58/h5,7,11-13,15-16,18-19,21-22,39,45,47,51-53,55-58,60-61,63-65H,3-4,6,8-10,14,17,20,23-38,40-44,46,48-50H2,1-2H3,(H,59,62)/b7-5-,13-11-,16-15-,19-18-,22-21-,39-12+,47-45+. The fourth-order valence-corrected chi connectivity index (χ4v) is 8.14. The highest BCUT2D eigenvalue weighted by Gasteiger charge is 2.44. The number of hydrogen-bond donors (Lipinski definition) is 6. The number of allylic oxidation sites excluding steroid dienone is 13. The zero-order chi connectivity index (χ0) is 48.7. The molecular weight excluding hydrogens is 839 g/mol. The van der Waals surface area contributed by atoms with Crippen LogP contribution in [0, 0.1) is 0 Å². The largest absolute Gasteiger partial charge is 0.394 e. The van der Waals surface area contributed by atoms with Gasteiger partial charge < -0.3 is 40.3 Å². The van der Waals surface area contributed by atoms with E-state index in [0.29, 0.717) is 6.42 Å². The Morgan fingerprint density at radius 2 is 0.940 bits per heavy atom. The number of aliphatic hydroxyl groups is 5. The summed E-state index contributed by atoms with van der Waals surface area (Å²) in [6.07, 6.45) is 59.7. The molecule has 1 heterocycles. The predicted molar refractivity (Wildman–Crippen MR) is 281 cm³/mol. The molecule has 0 radical (unpaired) electrons. The monoisotopic (exact) mass is 940 g/mol. The van der Waals surface area contributed by atoms with E-state index in [4.69, 9.17) is 9.47 Å². The number of aliphatic hydroxyl groups excluding tert-OH is 5. The summed E-state index contributed by atoms with van der Waals surface area (Å²) in [5, 5.41) is 54.1. The molecule has 67 heavy (non-hydrogen) atoms. The summed E-state index contributed by atoms with van der Waals surface area (Å²) in [5.41, 5.74) is 0. The van der Waals surface area contributed by atoms with Gasteiger partial charge in [0, 0.05) is 6.42 Å². The fourth-order valence-electron chi connectivity index (χ4n) is 8.14. The molecule has 1 aliphatic rings. The van der Waals surface area contributed by atoms with Crippen LogP contribution in [0.25, 0.3) is 0 Å². The molecule has 0 saturated carbocycles. The Morgan fingerprint density at radius 3 is 1.43 bits per heavy atom. The summed E-state index contributed by atoms with van der Waals surface area (Å²) in [6.45, 7) is 3.58. The molecule has 386 valence electrons. The van der Waals surface area contributed by atoms with E-state index in [-0.39, 0.29) is 12.5 Å². The van der Waals surface area contributed by atoms with Gasteiger partial charge in [0.15, 0.2) is 6.29 Å². The molecule has 1 rings (SSSR count). The summed E-state index contributed by atoms with van der Waals surface area (Å²) in [4.78, 5) is 13.0. The maximum absolute atomic E-state index is 13.0. The highest BCUT2D eigenvalue weighted by molar-refractivity contribution is 5.76. The lowest BCUT2D eigenvalue weighted by Crippen LogP contribution is -2.60. The van der Waals surface area contributed by atoms with Gasteiger partial charge in [0.05, 0.1) is 25.4 Å². The molecule has 9 heteroatoms. The van der Waals surface area contributed by atoms with E-state index in [9.17, 15) is 30.3 Å². The second-order valence-corrected chi connectivity index (χ2v) is 18.6. The normalized spacial score (nSPS) is 20.4. The molecule has 9 nitrogen and oxygen atoms in total. The van der Waals surface area contributed by atoms with Crippen LogP contribution in [0.2, 0.25) is 0 Å². The van der Waals surface area contributed by atoms with Crippen molar-refractivity contribution in [3.05, 3.63) is 85.1 Å². The van der Waals surface area contributed by atoms with Crippen molar-refractivity contribution in [2.45, 2.75) is 262 Å². The lowest BCUT2D eigenvalue weighted by atomic mass is 9.99. The molecule has 0 bridgehead atoms. The van der Waals surface area contributed by atoms with Gasteiger partial charge >= 0.3 is 0 Å². The summed E-state index contributed by atoms with van der Waals surface area (Å²) in [6, 6.07) is -0.821. The van der Waals surface area contributed by atoms with Crippen molar-refractivity contribution >= 4 is 5.91 Å². The zero-order valence-corrected chi connectivity index (χ0v) is 42.6. The van der Waals surface area contributed by atoms with Crippen molar-refractivity contribution in [1.82, 2.24) is 5.32 Å². The quantitative estimate of drug-likeness (QED) is 0.0261. The minimum absolute atomic E-state index is 0.190. The van der Waals surface area contributed by atoms with Gasteiger partial charge in [-0.3, -0.25) is 4.79 Å². The van der Waals surface area contributed by atoms with Crippen molar-refractivity contribution in [3.8, 4) is 0 Å². The Morgan fingerprint density at radius 1 is 0.522 bits per heavy atom. The van der Waals surface area contributed by atoms with Crippen LogP contribution in [0.15, 0.2) is 85.1 Å². The zero-order valence-electron chi connectivity index (χ0n) is 42.6. The summed E-state index contributed by atoms with van der Waals surface area (Å²) in [7, 11) is 0. The van der Waals surface area contributed by atoms with Gasteiger partial charge in [-0.2, -0.15) is 0 Å².